The van der Waals surface area contributed by atoms with Crippen molar-refractivity contribution in [1.29, 1.82) is 0 Å². The molecule has 0 heterocycles. The molecule has 0 spiro atoms. The van der Waals surface area contributed by atoms with Gasteiger partial charge in [0.2, 0.25) is 5.91 Å². The fourth-order valence-electron chi connectivity index (χ4n) is 2.58. The van der Waals surface area contributed by atoms with Gasteiger partial charge in [0.05, 0.1) is 19.2 Å². The van der Waals surface area contributed by atoms with Crippen LogP contribution in [-0.4, -0.2) is 25.5 Å². The van der Waals surface area contributed by atoms with Crippen molar-refractivity contribution in [3.05, 3.63) is 59.2 Å². The highest BCUT2D eigenvalue weighted by atomic mass is 16.5. The van der Waals surface area contributed by atoms with Crippen LogP contribution >= 0.6 is 0 Å². The van der Waals surface area contributed by atoms with Gasteiger partial charge >= 0.3 is 5.97 Å². The van der Waals surface area contributed by atoms with Crippen LogP contribution < -0.4 is 10.6 Å². The molecular weight excluding hydrogens is 316 g/mol. The lowest BCUT2D eigenvalue weighted by atomic mass is 9.98. The van der Waals surface area contributed by atoms with Gasteiger partial charge in [0.1, 0.15) is 0 Å². The van der Waals surface area contributed by atoms with Crippen molar-refractivity contribution in [2.75, 3.05) is 24.3 Å². The maximum atomic E-state index is 12.3. The van der Waals surface area contributed by atoms with Gasteiger partial charge < -0.3 is 15.4 Å². The molecule has 0 aromatic heterocycles. The minimum Gasteiger partial charge on any atom is -0.465 e. The summed E-state index contributed by atoms with van der Waals surface area (Å²) in [7, 11) is 1.34. The van der Waals surface area contributed by atoms with E-state index in [1.807, 2.05) is 25.1 Å². The molecule has 0 fully saturated rings. The van der Waals surface area contributed by atoms with Crippen LogP contribution in [0.4, 0.5) is 11.4 Å². The van der Waals surface area contributed by atoms with Crippen LogP contribution in [0.3, 0.4) is 0 Å². The van der Waals surface area contributed by atoms with Crippen molar-refractivity contribution >= 4 is 23.3 Å². The molecule has 132 valence electrons. The van der Waals surface area contributed by atoms with Crippen molar-refractivity contribution in [1.82, 2.24) is 0 Å². The molecule has 0 unspecified atom stereocenters. The summed E-state index contributed by atoms with van der Waals surface area (Å²) in [5, 5.41) is 6.02. The van der Waals surface area contributed by atoms with Crippen LogP contribution in [0.2, 0.25) is 0 Å². The molecule has 5 heteroatoms. The van der Waals surface area contributed by atoms with Crippen LogP contribution in [0.25, 0.3) is 0 Å². The monoisotopic (exact) mass is 340 g/mol. The molecule has 0 bridgehead atoms. The summed E-state index contributed by atoms with van der Waals surface area (Å²) in [5.41, 5.74) is 4.14. The number of ether oxygens (including phenoxy) is 1. The lowest BCUT2D eigenvalue weighted by Gasteiger charge is -2.17. The molecule has 25 heavy (non-hydrogen) atoms. The second kappa shape index (κ2) is 8.33. The number of hydrogen-bond acceptors (Lipinski definition) is 4. The number of hydrogen-bond donors (Lipinski definition) is 2. The van der Waals surface area contributed by atoms with E-state index in [2.05, 4.69) is 24.5 Å². The Kier molecular flexibility index (Phi) is 6.17. The first-order valence-electron chi connectivity index (χ1n) is 8.24. The largest absolute Gasteiger partial charge is 0.465 e. The molecule has 2 aromatic carbocycles. The van der Waals surface area contributed by atoms with Crippen molar-refractivity contribution in [3.63, 3.8) is 0 Å². The lowest BCUT2D eigenvalue weighted by molar-refractivity contribution is -0.114. The highest BCUT2D eigenvalue weighted by Gasteiger charge is 2.12. The number of benzene rings is 2. The van der Waals surface area contributed by atoms with Crippen LogP contribution in [0.5, 0.6) is 0 Å². The van der Waals surface area contributed by atoms with Gasteiger partial charge in [-0.25, -0.2) is 4.79 Å². The van der Waals surface area contributed by atoms with Gasteiger partial charge in [-0.05, 0) is 42.2 Å². The van der Waals surface area contributed by atoms with Gasteiger partial charge in [-0.1, -0.05) is 38.1 Å². The molecule has 0 saturated carbocycles. The summed E-state index contributed by atoms with van der Waals surface area (Å²) >= 11 is 0. The van der Waals surface area contributed by atoms with Crippen molar-refractivity contribution in [2.24, 2.45) is 0 Å². The van der Waals surface area contributed by atoms with Crippen LogP contribution in [0, 0.1) is 6.92 Å². The van der Waals surface area contributed by atoms with Gasteiger partial charge in [0.15, 0.2) is 0 Å². The minimum atomic E-state index is -0.408. The van der Waals surface area contributed by atoms with E-state index in [0.717, 1.165) is 16.8 Å². The summed E-state index contributed by atoms with van der Waals surface area (Å²) in [6.45, 7) is 6.28. The maximum Gasteiger partial charge on any atom is 0.337 e. The van der Waals surface area contributed by atoms with Crippen molar-refractivity contribution in [3.8, 4) is 0 Å². The quantitative estimate of drug-likeness (QED) is 0.781. The normalized spacial score (nSPS) is 10.4. The lowest BCUT2D eigenvalue weighted by Crippen LogP contribution is -2.23. The van der Waals surface area contributed by atoms with E-state index in [1.54, 1.807) is 24.3 Å². The van der Waals surface area contributed by atoms with Crippen LogP contribution in [-0.2, 0) is 9.53 Å². The number of methoxy groups -OCH3 is 1. The highest BCUT2D eigenvalue weighted by molar-refractivity contribution is 5.95. The number of carbonyl (C=O) groups excluding carboxylic acids is 2. The Morgan fingerprint density at radius 2 is 1.84 bits per heavy atom. The average molecular weight is 340 g/mol. The Bertz CT molecular complexity index is 769. The molecule has 0 radical (unpaired) electrons. The molecule has 0 aliphatic carbocycles. The molecule has 2 rings (SSSR count). The Hall–Kier alpha value is -2.82. The van der Waals surface area contributed by atoms with Crippen molar-refractivity contribution < 1.29 is 14.3 Å². The van der Waals surface area contributed by atoms with E-state index in [4.69, 9.17) is 4.74 Å². The third kappa shape index (κ3) is 4.83. The van der Waals surface area contributed by atoms with Gasteiger partial charge in [0, 0.05) is 11.4 Å². The Morgan fingerprint density at radius 3 is 2.52 bits per heavy atom. The summed E-state index contributed by atoms with van der Waals surface area (Å²) in [5.74, 6) is -0.228. The summed E-state index contributed by atoms with van der Waals surface area (Å²) in [6.07, 6.45) is 0. The predicted molar refractivity (Wildman–Crippen MR) is 100 cm³/mol. The number of para-hydroxylation sites is 1. The highest BCUT2D eigenvalue weighted by Crippen LogP contribution is 2.27. The second-order valence-electron chi connectivity index (χ2n) is 6.17. The molecule has 1 amide bonds. The molecule has 0 aliphatic rings. The van der Waals surface area contributed by atoms with E-state index in [1.165, 1.54) is 7.11 Å². The first-order valence-corrected chi connectivity index (χ1v) is 8.24. The molecule has 0 aliphatic heterocycles. The topological polar surface area (TPSA) is 67.4 Å². The summed E-state index contributed by atoms with van der Waals surface area (Å²) in [6, 6.07) is 12.9. The van der Waals surface area contributed by atoms with E-state index >= 15 is 0 Å². The zero-order valence-corrected chi connectivity index (χ0v) is 15.1. The second-order valence-corrected chi connectivity index (χ2v) is 6.17. The zero-order chi connectivity index (χ0) is 18.4. The number of rotatable bonds is 6. The Balaban J connectivity index is 2.04. The van der Waals surface area contributed by atoms with Crippen LogP contribution in [0.1, 0.15) is 41.3 Å². The SMILES string of the molecule is COC(=O)c1cccc(NCC(=O)Nc2c(C)cccc2C(C)C)c1. The third-order valence-electron chi connectivity index (χ3n) is 3.93. The Morgan fingerprint density at radius 1 is 1.12 bits per heavy atom. The van der Waals surface area contributed by atoms with Gasteiger partial charge in [-0.15, -0.1) is 0 Å². The standard InChI is InChI=1S/C20H24N2O3/c1-13(2)17-10-5-7-14(3)19(17)22-18(23)12-21-16-9-6-8-15(11-16)20(24)25-4/h5-11,13,21H,12H2,1-4H3,(H,22,23). The average Bonchev–Trinajstić information content (AvgIpc) is 2.61. The van der Waals surface area contributed by atoms with Gasteiger partial charge in [-0.3, -0.25) is 4.79 Å². The predicted octanol–water partition coefficient (Wildman–Crippen LogP) is 3.96. The first kappa shape index (κ1) is 18.5. The summed E-state index contributed by atoms with van der Waals surface area (Å²) in [4.78, 5) is 23.9. The van der Waals surface area contributed by atoms with Crippen molar-refractivity contribution in [2.45, 2.75) is 26.7 Å². The first-order chi connectivity index (χ1) is 11.9. The number of carbonyl (C=O) groups is 2. The van der Waals surface area contributed by atoms with E-state index in [9.17, 15) is 9.59 Å². The molecule has 0 atom stereocenters. The minimum absolute atomic E-state index is 0.108. The van der Waals surface area contributed by atoms with Gasteiger partial charge in [0.25, 0.3) is 0 Å². The number of nitrogens with one attached hydrogen (secondary N) is 2. The smallest absolute Gasteiger partial charge is 0.337 e. The third-order valence-corrected chi connectivity index (χ3v) is 3.93. The number of anilines is 2. The fraction of sp³-hybridized carbons (Fsp3) is 0.300. The van der Waals surface area contributed by atoms with E-state index in [-0.39, 0.29) is 12.5 Å². The molecule has 2 N–H and O–H groups in total. The molecular formula is C20H24N2O3. The number of aryl methyl sites for hydroxylation is 1. The zero-order valence-electron chi connectivity index (χ0n) is 15.1. The maximum absolute atomic E-state index is 12.3. The fourth-order valence-corrected chi connectivity index (χ4v) is 2.58. The molecule has 0 saturated heterocycles. The van der Waals surface area contributed by atoms with Crippen LogP contribution in [0.15, 0.2) is 42.5 Å². The van der Waals surface area contributed by atoms with Gasteiger partial charge in [-0.2, -0.15) is 0 Å². The summed E-state index contributed by atoms with van der Waals surface area (Å²) < 4.78 is 4.70. The molecule has 5 nitrogen and oxygen atoms in total. The molecule has 2 aromatic rings. The van der Waals surface area contributed by atoms with E-state index in [0.29, 0.717) is 17.2 Å². The number of esters is 1. The van der Waals surface area contributed by atoms with E-state index < -0.39 is 5.97 Å². The Labute approximate surface area is 148 Å². The number of amides is 1.